The maximum Gasteiger partial charge on any atom is 0.417 e. The van der Waals surface area contributed by atoms with Crippen LogP contribution in [0.5, 0.6) is 0 Å². The van der Waals surface area contributed by atoms with Crippen LogP contribution in [-0.2, 0) is 21.0 Å². The lowest BCUT2D eigenvalue weighted by Gasteiger charge is -2.32. The van der Waals surface area contributed by atoms with Gasteiger partial charge in [0, 0.05) is 25.0 Å². The number of nitrogens with zero attached hydrogens (tertiary/aromatic N) is 1. The highest BCUT2D eigenvalue weighted by molar-refractivity contribution is 7.89. The van der Waals surface area contributed by atoms with Crippen molar-refractivity contribution in [1.29, 1.82) is 0 Å². The molecule has 0 bridgehead atoms. The topological polar surface area (TPSA) is 66.5 Å². The molecule has 160 valence electrons. The normalized spacial score (nSPS) is 22.1. The lowest BCUT2D eigenvalue weighted by molar-refractivity contribution is -0.139. The number of carbonyl (C=O) groups excluding carboxylic acids is 1. The number of amides is 1. The first-order chi connectivity index (χ1) is 13.7. The molecule has 4 rings (SSSR count). The minimum absolute atomic E-state index is 0.0402. The van der Waals surface area contributed by atoms with Crippen molar-refractivity contribution in [3.05, 3.63) is 29.8 Å². The van der Waals surface area contributed by atoms with Crippen molar-refractivity contribution < 1.29 is 26.4 Å². The monoisotopic (exact) mass is 430 g/mol. The molecule has 0 unspecified atom stereocenters. The van der Waals surface area contributed by atoms with Crippen molar-refractivity contribution in [2.24, 2.45) is 17.8 Å². The van der Waals surface area contributed by atoms with Crippen molar-refractivity contribution in [3.63, 3.8) is 0 Å². The van der Waals surface area contributed by atoms with Crippen molar-refractivity contribution >= 4 is 15.9 Å². The molecule has 1 saturated heterocycles. The summed E-state index contributed by atoms with van der Waals surface area (Å²) in [5.74, 6) is 0.817. The Balaban J connectivity index is 1.41. The summed E-state index contributed by atoms with van der Waals surface area (Å²) in [6, 6.07) is 4.48. The molecule has 1 aliphatic heterocycles. The summed E-state index contributed by atoms with van der Waals surface area (Å²) in [5, 5.41) is 3.17. The molecule has 1 aromatic carbocycles. The van der Waals surface area contributed by atoms with E-state index >= 15 is 0 Å². The van der Waals surface area contributed by atoms with E-state index in [4.69, 9.17) is 0 Å². The zero-order valence-corrected chi connectivity index (χ0v) is 16.8. The molecule has 0 aromatic heterocycles. The predicted octanol–water partition coefficient (Wildman–Crippen LogP) is 3.41. The van der Waals surface area contributed by atoms with Crippen LogP contribution in [0, 0.1) is 17.8 Å². The highest BCUT2D eigenvalue weighted by Crippen LogP contribution is 2.44. The number of nitrogens with one attached hydrogen (secondary N) is 1. The number of sulfonamides is 1. The highest BCUT2D eigenvalue weighted by atomic mass is 32.2. The number of piperidine rings is 1. The van der Waals surface area contributed by atoms with E-state index in [9.17, 15) is 26.4 Å². The van der Waals surface area contributed by atoms with E-state index in [0.717, 1.165) is 42.1 Å². The molecule has 0 atom stereocenters. The zero-order chi connectivity index (χ0) is 20.8. The fraction of sp³-hybridized carbons (Fsp3) is 0.650. The van der Waals surface area contributed by atoms with Crippen molar-refractivity contribution in [2.75, 3.05) is 13.1 Å². The minimum Gasteiger partial charge on any atom is -0.353 e. The van der Waals surface area contributed by atoms with Crippen LogP contribution in [0.4, 0.5) is 13.2 Å². The number of hydrogen-bond acceptors (Lipinski definition) is 3. The van der Waals surface area contributed by atoms with Crippen LogP contribution < -0.4 is 5.32 Å². The predicted molar refractivity (Wildman–Crippen MR) is 100 cm³/mol. The second-order valence-electron chi connectivity index (χ2n) is 8.38. The standard InChI is InChI=1S/C20H25F3N2O3S/c21-20(22,23)16-3-1-2-4-17(16)29(27,28)25-11-9-15(10-12-25)19(26)24-18(13-5-6-13)14-7-8-14/h1-4,13-15,18H,5-12H2,(H,24,26). The number of alkyl halides is 3. The molecule has 29 heavy (non-hydrogen) atoms. The van der Waals surface area contributed by atoms with E-state index in [0.29, 0.717) is 24.7 Å². The molecule has 2 saturated carbocycles. The van der Waals surface area contributed by atoms with Crippen molar-refractivity contribution in [3.8, 4) is 0 Å². The van der Waals surface area contributed by atoms with Gasteiger partial charge in [-0.25, -0.2) is 8.42 Å². The van der Waals surface area contributed by atoms with Crippen LogP contribution in [-0.4, -0.2) is 37.8 Å². The van der Waals surface area contributed by atoms with E-state index in [2.05, 4.69) is 5.32 Å². The van der Waals surface area contributed by atoms with Crippen LogP contribution >= 0.6 is 0 Å². The van der Waals surface area contributed by atoms with Crippen LogP contribution in [0.2, 0.25) is 0 Å². The van der Waals surface area contributed by atoms with Crippen LogP contribution in [0.25, 0.3) is 0 Å². The maximum atomic E-state index is 13.2. The third-order valence-corrected chi connectivity index (χ3v) is 8.16. The van der Waals surface area contributed by atoms with Gasteiger partial charge in [0.05, 0.1) is 10.5 Å². The van der Waals surface area contributed by atoms with Gasteiger partial charge in [0.25, 0.3) is 0 Å². The van der Waals surface area contributed by atoms with Crippen LogP contribution in [0.15, 0.2) is 29.2 Å². The average Bonchev–Trinajstić information content (AvgIpc) is 3.59. The molecule has 3 fully saturated rings. The van der Waals surface area contributed by atoms with Crippen LogP contribution in [0.1, 0.15) is 44.1 Å². The third kappa shape index (κ3) is 4.45. The summed E-state index contributed by atoms with van der Waals surface area (Å²) >= 11 is 0. The Labute approximate surface area is 168 Å². The summed E-state index contributed by atoms with van der Waals surface area (Å²) < 4.78 is 66.4. The van der Waals surface area contributed by atoms with E-state index in [1.54, 1.807) is 0 Å². The van der Waals surface area contributed by atoms with Gasteiger partial charge in [-0.2, -0.15) is 17.5 Å². The fourth-order valence-electron chi connectivity index (χ4n) is 4.24. The van der Waals surface area contributed by atoms with Gasteiger partial charge in [-0.05, 0) is 62.5 Å². The van der Waals surface area contributed by atoms with E-state index in [1.807, 2.05) is 0 Å². The molecule has 3 aliphatic rings. The molecule has 1 aromatic rings. The number of benzene rings is 1. The van der Waals surface area contributed by atoms with Crippen LogP contribution in [0.3, 0.4) is 0 Å². The molecule has 2 aliphatic carbocycles. The molecule has 1 heterocycles. The summed E-state index contributed by atoms with van der Waals surface area (Å²) in [5.41, 5.74) is -1.16. The Morgan fingerprint density at radius 1 is 1.00 bits per heavy atom. The van der Waals surface area contributed by atoms with Gasteiger partial charge in [0.15, 0.2) is 0 Å². The Morgan fingerprint density at radius 3 is 2.07 bits per heavy atom. The first kappa shape index (κ1) is 20.7. The van der Waals surface area contributed by atoms with Gasteiger partial charge in [0.2, 0.25) is 15.9 Å². The summed E-state index contributed by atoms with van der Waals surface area (Å²) in [7, 11) is -4.27. The van der Waals surface area contributed by atoms with Gasteiger partial charge in [-0.3, -0.25) is 4.79 Å². The van der Waals surface area contributed by atoms with Gasteiger partial charge in [-0.15, -0.1) is 0 Å². The molecule has 9 heteroatoms. The Kier molecular flexibility index (Phi) is 5.40. The number of halogens is 3. The number of rotatable bonds is 6. The molecule has 5 nitrogen and oxygen atoms in total. The zero-order valence-electron chi connectivity index (χ0n) is 16.0. The Hall–Kier alpha value is -1.61. The smallest absolute Gasteiger partial charge is 0.353 e. The number of carbonyl (C=O) groups is 1. The lowest BCUT2D eigenvalue weighted by atomic mass is 9.96. The summed E-state index contributed by atoms with van der Waals surface area (Å²) in [6.07, 6.45) is 0.492. The third-order valence-electron chi connectivity index (χ3n) is 6.20. The van der Waals surface area contributed by atoms with E-state index in [-0.39, 0.29) is 31.0 Å². The maximum absolute atomic E-state index is 13.2. The van der Waals surface area contributed by atoms with E-state index < -0.39 is 26.7 Å². The Morgan fingerprint density at radius 2 is 1.55 bits per heavy atom. The molecular weight excluding hydrogens is 405 g/mol. The Bertz CT molecular complexity index is 859. The highest BCUT2D eigenvalue weighted by Gasteiger charge is 2.44. The quantitative estimate of drug-likeness (QED) is 0.752. The molecule has 0 spiro atoms. The fourth-order valence-corrected chi connectivity index (χ4v) is 5.92. The number of hydrogen-bond donors (Lipinski definition) is 1. The second kappa shape index (κ2) is 7.58. The van der Waals surface area contributed by atoms with Gasteiger partial charge >= 0.3 is 6.18 Å². The average molecular weight is 430 g/mol. The first-order valence-electron chi connectivity index (χ1n) is 10.1. The molecular formula is C20H25F3N2O3S. The van der Waals surface area contributed by atoms with Gasteiger partial charge in [-0.1, -0.05) is 12.1 Å². The SMILES string of the molecule is O=C(NC(C1CC1)C1CC1)C1CCN(S(=O)(=O)c2ccccc2C(F)(F)F)CC1. The summed E-state index contributed by atoms with van der Waals surface area (Å²) in [4.78, 5) is 11.9. The molecule has 1 N–H and O–H groups in total. The van der Waals surface area contributed by atoms with Crippen molar-refractivity contribution in [1.82, 2.24) is 9.62 Å². The van der Waals surface area contributed by atoms with E-state index in [1.165, 1.54) is 12.1 Å². The van der Waals surface area contributed by atoms with Gasteiger partial charge < -0.3 is 5.32 Å². The largest absolute Gasteiger partial charge is 0.417 e. The second-order valence-corrected chi connectivity index (χ2v) is 10.3. The van der Waals surface area contributed by atoms with Crippen molar-refractivity contribution in [2.45, 2.75) is 55.6 Å². The molecule has 0 radical (unpaired) electrons. The summed E-state index contributed by atoms with van der Waals surface area (Å²) in [6.45, 7) is 0.0915. The minimum atomic E-state index is -4.75. The molecule has 1 amide bonds. The first-order valence-corrected chi connectivity index (χ1v) is 11.6. The lowest BCUT2D eigenvalue weighted by Crippen LogP contribution is -2.46. The van der Waals surface area contributed by atoms with Gasteiger partial charge in [0.1, 0.15) is 0 Å².